The van der Waals surface area contributed by atoms with Gasteiger partial charge in [-0.15, -0.1) is 22.4 Å². The van der Waals surface area contributed by atoms with Crippen molar-refractivity contribution >= 4 is 64.9 Å². The van der Waals surface area contributed by atoms with Crippen molar-refractivity contribution in [1.29, 1.82) is 0 Å². The van der Waals surface area contributed by atoms with Crippen LogP contribution in [0.25, 0.3) is 0 Å². The number of benzene rings is 2. The molecule has 1 heterocycles. The van der Waals surface area contributed by atoms with Gasteiger partial charge in [-0.05, 0) is 24.3 Å². The van der Waals surface area contributed by atoms with Gasteiger partial charge in [0.1, 0.15) is 0 Å². The SMILES string of the molecule is O=C(Nc1ccccc1)c1ccccc1N1C(=O)CC(B(P)I)C1=O. The molecule has 1 aliphatic heterocycles. The molecule has 3 amide bonds. The first-order valence-corrected chi connectivity index (χ1v) is 9.62. The fraction of sp³-hybridized carbons (Fsp3) is 0.118. The Balaban J connectivity index is 1.92. The van der Waals surface area contributed by atoms with Gasteiger partial charge in [0.25, 0.3) is 10.2 Å². The summed E-state index contributed by atoms with van der Waals surface area (Å²) in [5.74, 6) is -1.29. The number of carbonyl (C=O) groups is 3. The minimum absolute atomic E-state index is 0.0376. The third-order valence-electron chi connectivity index (χ3n) is 3.99. The highest BCUT2D eigenvalue weighted by molar-refractivity contribution is 14.1. The van der Waals surface area contributed by atoms with E-state index < -0.39 is 0 Å². The minimum atomic E-state index is -0.386. The number of nitrogens with one attached hydrogen (secondary N) is 1. The van der Waals surface area contributed by atoms with E-state index in [-0.39, 0.29) is 34.2 Å². The Morgan fingerprint density at radius 1 is 1.12 bits per heavy atom. The van der Waals surface area contributed by atoms with Crippen molar-refractivity contribution in [3.05, 3.63) is 60.2 Å². The fourth-order valence-corrected chi connectivity index (χ4v) is 3.60. The Labute approximate surface area is 161 Å². The molecular weight excluding hydrogens is 449 g/mol. The average molecular weight is 464 g/mol. The number of halogens is 1. The van der Waals surface area contributed by atoms with E-state index in [1.165, 1.54) is 0 Å². The summed E-state index contributed by atoms with van der Waals surface area (Å²) in [6.07, 6.45) is 0.157. The molecule has 8 heteroatoms. The summed E-state index contributed by atoms with van der Waals surface area (Å²) < 4.78 is -0.0376. The maximum atomic E-state index is 12.7. The van der Waals surface area contributed by atoms with Gasteiger partial charge >= 0.3 is 0 Å². The normalized spacial score (nSPS) is 16.9. The van der Waals surface area contributed by atoms with Crippen molar-refractivity contribution in [2.75, 3.05) is 10.2 Å². The lowest BCUT2D eigenvalue weighted by molar-refractivity contribution is -0.121. The van der Waals surface area contributed by atoms with E-state index in [9.17, 15) is 14.4 Å². The average Bonchev–Trinajstić information content (AvgIpc) is 2.90. The smallest absolute Gasteiger partial charge is 0.257 e. The number of amides is 3. The van der Waals surface area contributed by atoms with Crippen molar-refractivity contribution in [1.82, 2.24) is 0 Å². The van der Waals surface area contributed by atoms with Crippen LogP contribution >= 0.6 is 31.5 Å². The van der Waals surface area contributed by atoms with Gasteiger partial charge in [0.15, 0.2) is 0 Å². The highest BCUT2D eigenvalue weighted by atomic mass is 127. The van der Waals surface area contributed by atoms with E-state index in [4.69, 9.17) is 0 Å². The van der Waals surface area contributed by atoms with Gasteiger partial charge in [0, 0.05) is 17.9 Å². The topological polar surface area (TPSA) is 66.5 Å². The van der Waals surface area contributed by atoms with Crippen molar-refractivity contribution < 1.29 is 14.4 Å². The number of carbonyl (C=O) groups excluding carboxylic acids is 3. The Bertz CT molecular complexity index is 832. The van der Waals surface area contributed by atoms with E-state index in [2.05, 4.69) is 36.8 Å². The highest BCUT2D eigenvalue weighted by Crippen LogP contribution is 2.37. The summed E-state index contributed by atoms with van der Waals surface area (Å²) in [7, 11) is 2.56. The van der Waals surface area contributed by atoms with Gasteiger partial charge in [-0.1, -0.05) is 30.3 Å². The van der Waals surface area contributed by atoms with Crippen molar-refractivity contribution in [2.45, 2.75) is 12.2 Å². The Kier molecular flexibility index (Phi) is 5.54. The van der Waals surface area contributed by atoms with Gasteiger partial charge < -0.3 is 5.32 Å². The molecular formula is C17H15BIN2O3P. The zero-order valence-electron chi connectivity index (χ0n) is 13.2. The molecule has 5 nitrogen and oxygen atoms in total. The second-order valence-electron chi connectivity index (χ2n) is 5.66. The molecule has 1 aliphatic rings. The molecule has 0 bridgehead atoms. The van der Waals surface area contributed by atoms with E-state index in [0.29, 0.717) is 16.9 Å². The number of rotatable bonds is 4. The molecule has 0 spiro atoms. The largest absolute Gasteiger partial charge is 0.322 e. The summed E-state index contributed by atoms with van der Waals surface area (Å²) in [4.78, 5) is 38.8. The third kappa shape index (κ3) is 3.77. The monoisotopic (exact) mass is 464 g/mol. The van der Waals surface area contributed by atoms with Crippen LogP contribution in [-0.4, -0.2) is 22.0 Å². The van der Waals surface area contributed by atoms with Crippen molar-refractivity contribution in [2.24, 2.45) is 0 Å². The van der Waals surface area contributed by atoms with Gasteiger partial charge in [-0.3, -0.25) is 19.3 Å². The second-order valence-corrected chi connectivity index (χ2v) is 9.17. The van der Waals surface area contributed by atoms with Crippen LogP contribution in [0.4, 0.5) is 11.4 Å². The lowest BCUT2D eigenvalue weighted by atomic mass is 9.84. The fourth-order valence-electron chi connectivity index (χ4n) is 2.74. The zero-order chi connectivity index (χ0) is 18.0. The lowest BCUT2D eigenvalue weighted by Crippen LogP contribution is -2.32. The van der Waals surface area contributed by atoms with Crippen molar-refractivity contribution in [3.8, 4) is 0 Å². The van der Waals surface area contributed by atoms with Crippen LogP contribution in [0.15, 0.2) is 54.6 Å². The second kappa shape index (κ2) is 7.66. The predicted octanol–water partition coefficient (Wildman–Crippen LogP) is 3.37. The minimum Gasteiger partial charge on any atom is -0.322 e. The first-order valence-electron chi connectivity index (χ1n) is 7.71. The Morgan fingerprint density at radius 2 is 1.76 bits per heavy atom. The van der Waals surface area contributed by atoms with Gasteiger partial charge in [0.05, 0.1) is 11.3 Å². The van der Waals surface area contributed by atoms with Crippen LogP contribution in [0.1, 0.15) is 16.8 Å². The standard InChI is InChI=1S/C17H15BIN2O3P/c19-18(25)13-10-15(22)21(17(13)24)14-9-5-4-8-12(14)16(23)20-11-6-2-1-3-7-11/h1-9,13H,10,25H2,(H,20,23). The molecule has 3 rings (SSSR count). The van der Waals surface area contributed by atoms with Crippen LogP contribution in [0, 0.1) is 0 Å². The van der Waals surface area contributed by atoms with Crippen LogP contribution in [-0.2, 0) is 9.59 Å². The van der Waals surface area contributed by atoms with Gasteiger partial charge in [0.2, 0.25) is 11.8 Å². The summed E-state index contributed by atoms with van der Waals surface area (Å²) in [6, 6.07) is 15.7. The molecule has 2 aromatic rings. The number of anilines is 2. The number of hydrogen-bond donors (Lipinski definition) is 1. The van der Waals surface area contributed by atoms with Crippen molar-refractivity contribution in [3.63, 3.8) is 0 Å². The summed E-state index contributed by atoms with van der Waals surface area (Å²) in [5.41, 5.74) is 1.27. The van der Waals surface area contributed by atoms with Crippen LogP contribution in [0.3, 0.4) is 0 Å². The molecule has 0 radical (unpaired) electrons. The number of nitrogens with zero attached hydrogens (tertiary/aromatic N) is 1. The van der Waals surface area contributed by atoms with Gasteiger partial charge in [-0.25, -0.2) is 0 Å². The molecule has 1 N–H and O–H groups in total. The zero-order valence-corrected chi connectivity index (χ0v) is 16.5. The third-order valence-corrected chi connectivity index (χ3v) is 5.32. The number of para-hydroxylation sites is 2. The summed E-state index contributed by atoms with van der Waals surface area (Å²) >= 11 is 2.12. The molecule has 2 atom stereocenters. The molecule has 2 aromatic carbocycles. The number of hydrogen-bond acceptors (Lipinski definition) is 3. The first kappa shape index (κ1) is 18.1. The van der Waals surface area contributed by atoms with E-state index in [0.717, 1.165) is 4.90 Å². The first-order chi connectivity index (χ1) is 12.0. The maximum absolute atomic E-state index is 12.7. The van der Waals surface area contributed by atoms with E-state index in [1.54, 1.807) is 36.4 Å². The molecule has 1 fully saturated rings. The molecule has 2 unspecified atom stereocenters. The maximum Gasteiger partial charge on any atom is 0.257 e. The summed E-state index contributed by atoms with van der Waals surface area (Å²) in [5, 5.41) is 2.79. The Morgan fingerprint density at radius 3 is 2.40 bits per heavy atom. The molecule has 0 aliphatic carbocycles. The molecule has 0 saturated carbocycles. The lowest BCUT2D eigenvalue weighted by Gasteiger charge is -2.19. The summed E-state index contributed by atoms with van der Waals surface area (Å²) in [6.45, 7) is 0. The molecule has 126 valence electrons. The molecule has 25 heavy (non-hydrogen) atoms. The number of imide groups is 1. The van der Waals surface area contributed by atoms with Crippen LogP contribution < -0.4 is 10.2 Å². The molecule has 0 aromatic heterocycles. The van der Waals surface area contributed by atoms with E-state index in [1.807, 2.05) is 18.2 Å². The van der Waals surface area contributed by atoms with E-state index >= 15 is 0 Å². The molecule has 1 saturated heterocycles. The quantitative estimate of drug-likeness (QED) is 0.327. The highest BCUT2D eigenvalue weighted by Gasteiger charge is 2.43. The predicted molar refractivity (Wildman–Crippen MR) is 111 cm³/mol. The van der Waals surface area contributed by atoms with Crippen LogP contribution in [0.5, 0.6) is 0 Å². The Hall–Kier alpha value is -1.73. The van der Waals surface area contributed by atoms with Gasteiger partial charge in [-0.2, -0.15) is 9.12 Å². The van der Waals surface area contributed by atoms with Crippen LogP contribution in [0.2, 0.25) is 5.82 Å².